The molecule has 0 bridgehead atoms. The summed E-state index contributed by atoms with van der Waals surface area (Å²) in [6.07, 6.45) is 1.39. The van der Waals surface area contributed by atoms with Gasteiger partial charge in [-0.3, -0.25) is 0 Å². The van der Waals surface area contributed by atoms with E-state index in [-0.39, 0.29) is 6.61 Å². The highest BCUT2D eigenvalue weighted by atomic mass is 35.5. The number of hydrogen-bond acceptors (Lipinski definition) is 2. The molecule has 114 valence electrons. The molecule has 0 aliphatic carbocycles. The molecule has 0 fully saturated rings. The molecular weight excluding hydrogens is 300 g/mol. The van der Waals surface area contributed by atoms with Gasteiger partial charge in [-0.15, -0.1) is 0 Å². The maximum atomic E-state index is 10.2. The Balaban J connectivity index is 1.65. The number of fused-ring (bicyclic) bond motifs is 1. The lowest BCUT2D eigenvalue weighted by atomic mass is 10.3. The average Bonchev–Trinajstić information content (AvgIpc) is 2.83. The van der Waals surface area contributed by atoms with E-state index < -0.39 is 6.10 Å². The molecule has 2 aromatic carbocycles. The third-order valence-corrected chi connectivity index (χ3v) is 3.80. The lowest BCUT2D eigenvalue weighted by molar-refractivity contribution is -0.645. The molecule has 0 saturated carbocycles. The standard InChI is InChI=1S/C17H18ClN2O2/c1-19-12-20(17-5-3-2-4-16(17)19)10-14(21)11-22-15-8-6-13(18)7-9-15/h2-9,12,14,21H,10-11H2,1H3/q+1. The smallest absolute Gasteiger partial charge is 0.244 e. The Bertz CT molecular complexity index is 768. The summed E-state index contributed by atoms with van der Waals surface area (Å²) in [4.78, 5) is 0. The molecule has 22 heavy (non-hydrogen) atoms. The Hall–Kier alpha value is -2.04. The minimum absolute atomic E-state index is 0.234. The monoisotopic (exact) mass is 317 g/mol. The molecule has 0 spiro atoms. The summed E-state index contributed by atoms with van der Waals surface area (Å²) < 4.78 is 9.66. The van der Waals surface area contributed by atoms with E-state index in [9.17, 15) is 5.11 Å². The highest BCUT2D eigenvalue weighted by Crippen LogP contribution is 2.16. The number of aromatic nitrogens is 2. The first-order chi connectivity index (χ1) is 10.6. The molecule has 5 heteroatoms. The van der Waals surface area contributed by atoms with Crippen LogP contribution in [0.1, 0.15) is 0 Å². The maximum Gasteiger partial charge on any atom is 0.244 e. The summed E-state index contributed by atoms with van der Waals surface area (Å²) in [5, 5.41) is 10.9. The zero-order valence-corrected chi connectivity index (χ0v) is 13.1. The zero-order valence-electron chi connectivity index (χ0n) is 12.3. The van der Waals surface area contributed by atoms with Gasteiger partial charge in [-0.25, -0.2) is 9.13 Å². The normalized spacial score (nSPS) is 12.5. The lowest BCUT2D eigenvalue weighted by Gasteiger charge is -2.11. The van der Waals surface area contributed by atoms with Crippen LogP contribution in [0.4, 0.5) is 0 Å². The van der Waals surface area contributed by atoms with Crippen molar-refractivity contribution in [3.63, 3.8) is 0 Å². The molecule has 0 saturated heterocycles. The van der Waals surface area contributed by atoms with Gasteiger partial charge < -0.3 is 9.84 Å². The first-order valence-corrected chi connectivity index (χ1v) is 7.51. The zero-order chi connectivity index (χ0) is 15.5. The van der Waals surface area contributed by atoms with Gasteiger partial charge in [-0.2, -0.15) is 0 Å². The Kier molecular flexibility index (Phi) is 4.32. The Morgan fingerprint density at radius 2 is 1.91 bits per heavy atom. The minimum atomic E-state index is -0.591. The van der Waals surface area contributed by atoms with Crippen molar-refractivity contribution in [2.75, 3.05) is 6.61 Å². The van der Waals surface area contributed by atoms with Crippen LogP contribution < -0.4 is 9.30 Å². The number of imidazole rings is 1. The van der Waals surface area contributed by atoms with Gasteiger partial charge in [0.05, 0.1) is 7.05 Å². The fourth-order valence-electron chi connectivity index (χ4n) is 2.49. The van der Waals surface area contributed by atoms with E-state index in [0.29, 0.717) is 17.3 Å². The van der Waals surface area contributed by atoms with E-state index >= 15 is 0 Å². The second kappa shape index (κ2) is 6.38. The highest BCUT2D eigenvalue weighted by Gasteiger charge is 2.16. The molecule has 1 aromatic heterocycles. The number of aryl methyl sites for hydroxylation is 1. The van der Waals surface area contributed by atoms with Gasteiger partial charge in [0.2, 0.25) is 6.33 Å². The van der Waals surface area contributed by atoms with Crippen LogP contribution >= 0.6 is 11.6 Å². The van der Waals surface area contributed by atoms with Crippen LogP contribution in [0.5, 0.6) is 5.75 Å². The number of rotatable bonds is 5. The summed E-state index contributed by atoms with van der Waals surface area (Å²) in [5.41, 5.74) is 2.23. The predicted octanol–water partition coefficient (Wildman–Crippen LogP) is 2.56. The van der Waals surface area contributed by atoms with E-state index in [1.54, 1.807) is 24.3 Å². The third kappa shape index (κ3) is 3.24. The van der Waals surface area contributed by atoms with Crippen LogP contribution in [0.15, 0.2) is 54.9 Å². The van der Waals surface area contributed by atoms with Gasteiger partial charge in [-0.1, -0.05) is 23.7 Å². The molecule has 0 amide bonds. The van der Waals surface area contributed by atoms with Gasteiger partial charge in [-0.05, 0) is 36.4 Å². The van der Waals surface area contributed by atoms with Crippen molar-refractivity contribution >= 4 is 22.6 Å². The van der Waals surface area contributed by atoms with Gasteiger partial charge in [0, 0.05) is 5.02 Å². The first-order valence-electron chi connectivity index (χ1n) is 7.13. The third-order valence-electron chi connectivity index (χ3n) is 3.55. The molecular formula is C17H18ClN2O2+. The Morgan fingerprint density at radius 1 is 1.18 bits per heavy atom. The average molecular weight is 318 g/mol. The number of para-hydroxylation sites is 2. The van der Waals surface area contributed by atoms with E-state index in [2.05, 4.69) is 6.07 Å². The Labute approximate surface area is 134 Å². The molecule has 4 nitrogen and oxygen atoms in total. The number of hydrogen-bond donors (Lipinski definition) is 1. The summed E-state index contributed by atoms with van der Waals surface area (Å²) in [6, 6.07) is 15.2. The van der Waals surface area contributed by atoms with Crippen molar-refractivity contribution in [3.8, 4) is 5.75 Å². The number of ether oxygens (including phenoxy) is 1. The quantitative estimate of drug-likeness (QED) is 0.735. The number of aliphatic hydroxyl groups excluding tert-OH is 1. The molecule has 3 rings (SSSR count). The largest absolute Gasteiger partial charge is 0.491 e. The van der Waals surface area contributed by atoms with E-state index in [0.717, 1.165) is 11.0 Å². The Morgan fingerprint density at radius 3 is 2.68 bits per heavy atom. The van der Waals surface area contributed by atoms with Crippen LogP contribution in [0.3, 0.4) is 0 Å². The summed E-state index contributed by atoms with van der Waals surface area (Å²) in [6.45, 7) is 0.715. The van der Waals surface area contributed by atoms with Gasteiger partial charge in [0.15, 0.2) is 11.0 Å². The van der Waals surface area contributed by atoms with Crippen molar-refractivity contribution in [1.29, 1.82) is 0 Å². The van der Waals surface area contributed by atoms with Crippen LogP contribution in [0.25, 0.3) is 11.0 Å². The molecule has 0 aliphatic rings. The molecule has 1 heterocycles. The second-order valence-corrected chi connectivity index (χ2v) is 5.72. The van der Waals surface area contributed by atoms with Gasteiger partial charge in [0.25, 0.3) is 0 Å². The molecule has 1 unspecified atom stereocenters. The minimum Gasteiger partial charge on any atom is -0.491 e. The summed E-state index contributed by atoms with van der Waals surface area (Å²) >= 11 is 5.83. The van der Waals surface area contributed by atoms with Crippen LogP contribution in [-0.2, 0) is 13.6 Å². The number of benzene rings is 2. The van der Waals surface area contributed by atoms with Crippen molar-refractivity contribution in [3.05, 3.63) is 59.9 Å². The SMILES string of the molecule is C[n+]1cn(CC(O)COc2ccc(Cl)cc2)c2ccccc21. The van der Waals surface area contributed by atoms with Crippen LogP contribution in [0.2, 0.25) is 5.02 Å². The van der Waals surface area contributed by atoms with Crippen LogP contribution in [0, 0.1) is 0 Å². The fourth-order valence-corrected chi connectivity index (χ4v) is 2.61. The van der Waals surface area contributed by atoms with E-state index in [1.807, 2.05) is 40.7 Å². The number of halogens is 1. The summed E-state index contributed by atoms with van der Waals surface area (Å²) in [5.74, 6) is 0.700. The van der Waals surface area contributed by atoms with Gasteiger partial charge >= 0.3 is 0 Å². The van der Waals surface area contributed by atoms with Crippen molar-refractivity contribution in [2.24, 2.45) is 7.05 Å². The number of aliphatic hydroxyl groups is 1. The second-order valence-electron chi connectivity index (χ2n) is 5.29. The van der Waals surface area contributed by atoms with Crippen molar-refractivity contribution in [2.45, 2.75) is 12.6 Å². The van der Waals surface area contributed by atoms with Gasteiger partial charge in [0.1, 0.15) is 25.0 Å². The fraction of sp³-hybridized carbons (Fsp3) is 0.235. The molecule has 1 atom stereocenters. The predicted molar refractivity (Wildman–Crippen MR) is 86.1 cm³/mol. The first kappa shape index (κ1) is 14.9. The van der Waals surface area contributed by atoms with Crippen molar-refractivity contribution in [1.82, 2.24) is 4.57 Å². The topological polar surface area (TPSA) is 38.3 Å². The molecule has 3 aromatic rings. The van der Waals surface area contributed by atoms with Crippen molar-refractivity contribution < 1.29 is 14.4 Å². The molecule has 0 aliphatic heterocycles. The highest BCUT2D eigenvalue weighted by molar-refractivity contribution is 6.30. The molecule has 1 N–H and O–H groups in total. The summed E-state index contributed by atoms with van der Waals surface area (Å²) in [7, 11) is 2.00. The lowest BCUT2D eigenvalue weighted by Crippen LogP contribution is -2.27. The van der Waals surface area contributed by atoms with Crippen LogP contribution in [-0.4, -0.2) is 22.4 Å². The number of nitrogens with zero attached hydrogens (tertiary/aromatic N) is 2. The maximum absolute atomic E-state index is 10.2. The van der Waals surface area contributed by atoms with E-state index in [4.69, 9.17) is 16.3 Å². The molecule has 0 radical (unpaired) electrons. The van der Waals surface area contributed by atoms with E-state index in [1.165, 1.54) is 0 Å².